The molecule has 0 aromatic carbocycles. The number of hydrogen-bond acceptors (Lipinski definition) is 6. The van der Waals surface area contributed by atoms with Gasteiger partial charge in [-0.2, -0.15) is 0 Å². The normalized spacial score (nSPS) is 50.8. The Morgan fingerprint density at radius 2 is 1.91 bits per heavy atom. The molecule has 2 aliphatic carbocycles. The van der Waals surface area contributed by atoms with Crippen LogP contribution in [0.1, 0.15) is 40.5 Å². The fourth-order valence-corrected chi connectivity index (χ4v) is 7.82. The Morgan fingerprint density at radius 3 is 2.59 bits per heavy atom. The number of rotatable bonds is 5. The second-order valence-electron chi connectivity index (χ2n) is 12.6. The van der Waals surface area contributed by atoms with Crippen molar-refractivity contribution in [2.75, 3.05) is 47.5 Å². The molecular formula is C25H38NO6+. The van der Waals surface area contributed by atoms with Crippen LogP contribution in [0.15, 0.2) is 11.1 Å². The number of fused-ring (bicyclic) bond motifs is 4. The van der Waals surface area contributed by atoms with E-state index in [1.54, 1.807) is 0 Å². The lowest BCUT2D eigenvalue weighted by Gasteiger charge is -2.60. The maximum absolute atomic E-state index is 12.3. The highest BCUT2D eigenvalue weighted by atomic mass is 16.7. The molecule has 0 aromatic rings. The molecule has 0 radical (unpaired) electrons. The molecule has 0 bridgehead atoms. The Hall–Kier alpha value is -0.990. The lowest BCUT2D eigenvalue weighted by molar-refractivity contribution is -0.870. The SMILES string of the molecule is CC(C)C12OC1C1OC13C1(C)CCC4=C(COC4=O)C1COC3(C)C2OCC[N+](C)(C)C. The maximum Gasteiger partial charge on any atom is 0.334 e. The van der Waals surface area contributed by atoms with Gasteiger partial charge in [-0.3, -0.25) is 0 Å². The minimum absolute atomic E-state index is 0.0149. The zero-order valence-corrected chi connectivity index (χ0v) is 20.5. The second kappa shape index (κ2) is 6.16. The van der Waals surface area contributed by atoms with Crippen molar-refractivity contribution in [1.82, 2.24) is 0 Å². The van der Waals surface area contributed by atoms with E-state index in [0.29, 0.717) is 25.7 Å². The van der Waals surface area contributed by atoms with Gasteiger partial charge >= 0.3 is 5.97 Å². The monoisotopic (exact) mass is 448 g/mol. The molecule has 4 fully saturated rings. The molecule has 4 aliphatic heterocycles. The first kappa shape index (κ1) is 21.5. The Balaban J connectivity index is 1.39. The van der Waals surface area contributed by atoms with Crippen molar-refractivity contribution in [1.29, 1.82) is 0 Å². The molecule has 1 spiro atoms. The summed E-state index contributed by atoms with van der Waals surface area (Å²) >= 11 is 0. The molecule has 3 saturated heterocycles. The predicted octanol–water partition coefficient (Wildman–Crippen LogP) is 2.08. The molecule has 0 N–H and O–H groups in total. The quantitative estimate of drug-likeness (QED) is 0.364. The average Bonchev–Trinajstić information content (AvgIpc) is 3.57. The average molecular weight is 449 g/mol. The molecule has 8 atom stereocenters. The first-order chi connectivity index (χ1) is 14.9. The molecule has 178 valence electrons. The van der Waals surface area contributed by atoms with Gasteiger partial charge < -0.3 is 28.2 Å². The van der Waals surface area contributed by atoms with Crippen molar-refractivity contribution in [2.45, 2.75) is 75.7 Å². The fourth-order valence-electron chi connectivity index (χ4n) is 7.82. The maximum atomic E-state index is 12.3. The van der Waals surface area contributed by atoms with Gasteiger partial charge in [0, 0.05) is 16.9 Å². The summed E-state index contributed by atoms with van der Waals surface area (Å²) in [6, 6.07) is 0. The van der Waals surface area contributed by atoms with Crippen molar-refractivity contribution in [3.8, 4) is 0 Å². The molecule has 8 unspecified atom stereocenters. The van der Waals surface area contributed by atoms with Crippen LogP contribution in [0.3, 0.4) is 0 Å². The fraction of sp³-hybridized carbons (Fsp3) is 0.880. The van der Waals surface area contributed by atoms with Crippen LogP contribution in [0.4, 0.5) is 0 Å². The van der Waals surface area contributed by atoms with Crippen LogP contribution in [-0.4, -0.2) is 93.1 Å². The highest BCUT2D eigenvalue weighted by molar-refractivity contribution is 5.92. The number of nitrogens with zero attached hydrogens (tertiary/aromatic N) is 1. The smallest absolute Gasteiger partial charge is 0.334 e. The molecule has 6 rings (SSSR count). The van der Waals surface area contributed by atoms with Gasteiger partial charge in [-0.25, -0.2) is 4.79 Å². The van der Waals surface area contributed by atoms with E-state index in [-0.39, 0.29) is 41.2 Å². The summed E-state index contributed by atoms with van der Waals surface area (Å²) in [4.78, 5) is 12.3. The number of epoxide rings is 2. The summed E-state index contributed by atoms with van der Waals surface area (Å²) in [6.45, 7) is 11.5. The van der Waals surface area contributed by atoms with Gasteiger partial charge in [0.05, 0.1) is 34.4 Å². The lowest BCUT2D eigenvalue weighted by Crippen LogP contribution is -2.75. The number of carbonyl (C=O) groups excluding carboxylic acids is 1. The summed E-state index contributed by atoms with van der Waals surface area (Å²) in [5.41, 5.74) is 0.432. The molecular weight excluding hydrogens is 410 g/mol. The predicted molar refractivity (Wildman–Crippen MR) is 116 cm³/mol. The summed E-state index contributed by atoms with van der Waals surface area (Å²) in [7, 11) is 6.55. The van der Waals surface area contributed by atoms with Gasteiger partial charge in [-0.05, 0) is 31.3 Å². The molecule has 7 heteroatoms. The summed E-state index contributed by atoms with van der Waals surface area (Å²) < 4.78 is 33.1. The van der Waals surface area contributed by atoms with E-state index in [0.717, 1.165) is 35.0 Å². The number of hydrogen-bond donors (Lipinski definition) is 0. The lowest BCUT2D eigenvalue weighted by atomic mass is 9.49. The highest BCUT2D eigenvalue weighted by Crippen LogP contribution is 2.77. The van der Waals surface area contributed by atoms with E-state index < -0.39 is 11.2 Å². The minimum Gasteiger partial charge on any atom is -0.458 e. The van der Waals surface area contributed by atoms with Crippen LogP contribution < -0.4 is 0 Å². The highest BCUT2D eigenvalue weighted by Gasteiger charge is 2.94. The van der Waals surface area contributed by atoms with E-state index >= 15 is 0 Å². The number of likely N-dealkylation sites (N-methyl/N-ethyl adjacent to an activating group) is 1. The van der Waals surface area contributed by atoms with Crippen molar-refractivity contribution >= 4 is 5.97 Å². The van der Waals surface area contributed by atoms with E-state index in [2.05, 4.69) is 48.8 Å². The van der Waals surface area contributed by atoms with Gasteiger partial charge in [0.25, 0.3) is 0 Å². The Kier molecular flexibility index (Phi) is 4.15. The van der Waals surface area contributed by atoms with Crippen LogP contribution in [0.5, 0.6) is 0 Å². The Morgan fingerprint density at radius 1 is 1.16 bits per heavy atom. The van der Waals surface area contributed by atoms with Gasteiger partial charge in [0.1, 0.15) is 48.3 Å². The van der Waals surface area contributed by atoms with Crippen LogP contribution >= 0.6 is 0 Å². The second-order valence-corrected chi connectivity index (χ2v) is 12.6. The minimum atomic E-state index is -0.605. The zero-order valence-electron chi connectivity index (χ0n) is 20.5. The van der Waals surface area contributed by atoms with Crippen molar-refractivity contribution in [2.24, 2.45) is 17.3 Å². The third kappa shape index (κ3) is 2.32. The van der Waals surface area contributed by atoms with Crippen molar-refractivity contribution < 1.29 is 33.0 Å². The van der Waals surface area contributed by atoms with Crippen LogP contribution in [-0.2, 0) is 28.5 Å². The number of quaternary nitrogens is 1. The molecule has 0 amide bonds. The standard InChI is InChI=1S/C25H38NO6/c1-14(2)24-18(31-24)19-25(32-19)22(3)9-8-15-16(12-29-20(15)27)17(22)13-30-23(25,4)21(24)28-11-10-26(5,6)7/h14,17-19,21H,8-13H2,1-7H3/q+1. The molecule has 0 aromatic heterocycles. The molecule has 1 saturated carbocycles. The van der Waals surface area contributed by atoms with E-state index in [1.165, 1.54) is 0 Å². The molecule has 32 heavy (non-hydrogen) atoms. The summed E-state index contributed by atoms with van der Waals surface area (Å²) in [5.74, 6) is 0.292. The molecule has 6 aliphatic rings. The number of esters is 1. The first-order valence-electron chi connectivity index (χ1n) is 12.2. The molecule has 4 heterocycles. The van der Waals surface area contributed by atoms with Gasteiger partial charge in [0.15, 0.2) is 0 Å². The Labute approximate surface area is 190 Å². The topological polar surface area (TPSA) is 69.8 Å². The third-order valence-electron chi connectivity index (χ3n) is 9.72. The van der Waals surface area contributed by atoms with Gasteiger partial charge in [-0.15, -0.1) is 0 Å². The largest absolute Gasteiger partial charge is 0.458 e. The summed E-state index contributed by atoms with van der Waals surface area (Å²) in [5, 5.41) is 0. The van der Waals surface area contributed by atoms with Crippen molar-refractivity contribution in [3.05, 3.63) is 11.1 Å². The van der Waals surface area contributed by atoms with E-state index in [9.17, 15) is 4.79 Å². The van der Waals surface area contributed by atoms with Crippen molar-refractivity contribution in [3.63, 3.8) is 0 Å². The summed E-state index contributed by atoms with van der Waals surface area (Å²) in [6.07, 6.45) is 1.51. The number of ether oxygens (including phenoxy) is 5. The number of cyclic esters (lactones) is 1. The van der Waals surface area contributed by atoms with E-state index in [4.69, 9.17) is 23.7 Å². The first-order valence-corrected chi connectivity index (χ1v) is 12.2. The van der Waals surface area contributed by atoms with Crippen LogP contribution in [0.2, 0.25) is 0 Å². The molecule has 7 nitrogen and oxygen atoms in total. The van der Waals surface area contributed by atoms with Gasteiger partial charge in [-0.1, -0.05) is 20.8 Å². The van der Waals surface area contributed by atoms with Crippen LogP contribution in [0, 0.1) is 17.3 Å². The zero-order chi connectivity index (χ0) is 22.9. The van der Waals surface area contributed by atoms with Crippen LogP contribution in [0.25, 0.3) is 0 Å². The van der Waals surface area contributed by atoms with E-state index in [1.807, 2.05) is 0 Å². The Bertz CT molecular complexity index is 909. The van der Waals surface area contributed by atoms with Gasteiger partial charge in [0.2, 0.25) is 0 Å². The third-order valence-corrected chi connectivity index (χ3v) is 9.72. The number of carbonyl (C=O) groups is 1.